The number of aryl methyl sites for hydroxylation is 1. The second kappa shape index (κ2) is 7.81. The zero-order chi connectivity index (χ0) is 21.7. The standard InChI is InChI=1S/C29H30N2O/c1-2-18-8-6-7-11-24(18)31-29(32)22-14-15-25-23(17-22)26-20-12-13-21(16-20)27(26)28(30-25)19-9-4-3-5-10-19/h3-11,14-15,17,20-21,26-28,30H,2,12-13,16H2,1H3,(H,31,32)/t20-,21-,26-,27+,28-/m0/s1. The van der Waals surface area contributed by atoms with Gasteiger partial charge in [-0.2, -0.15) is 0 Å². The molecule has 0 saturated heterocycles. The van der Waals surface area contributed by atoms with E-state index >= 15 is 0 Å². The Labute approximate surface area is 190 Å². The molecule has 32 heavy (non-hydrogen) atoms. The highest BCUT2D eigenvalue weighted by Crippen LogP contribution is 2.63. The van der Waals surface area contributed by atoms with Crippen molar-refractivity contribution in [2.75, 3.05) is 10.6 Å². The van der Waals surface area contributed by atoms with Crippen LogP contribution < -0.4 is 10.6 Å². The molecule has 2 fully saturated rings. The van der Waals surface area contributed by atoms with E-state index in [-0.39, 0.29) is 5.91 Å². The molecule has 5 atom stereocenters. The maximum absolute atomic E-state index is 13.2. The molecular weight excluding hydrogens is 392 g/mol. The van der Waals surface area contributed by atoms with Crippen molar-refractivity contribution in [1.82, 2.24) is 0 Å². The lowest BCUT2D eigenvalue weighted by Gasteiger charge is -2.43. The number of rotatable bonds is 4. The number of nitrogens with one attached hydrogen (secondary N) is 2. The van der Waals surface area contributed by atoms with Gasteiger partial charge in [0.25, 0.3) is 5.91 Å². The van der Waals surface area contributed by atoms with Gasteiger partial charge in [0.2, 0.25) is 0 Å². The molecule has 2 saturated carbocycles. The van der Waals surface area contributed by atoms with Crippen LogP contribution in [0.1, 0.15) is 65.2 Å². The van der Waals surface area contributed by atoms with E-state index in [1.807, 2.05) is 24.3 Å². The van der Waals surface area contributed by atoms with Crippen LogP contribution in [-0.4, -0.2) is 5.91 Å². The normalized spacial score (nSPS) is 27.3. The van der Waals surface area contributed by atoms with Crippen LogP contribution in [0.15, 0.2) is 72.8 Å². The zero-order valence-electron chi connectivity index (χ0n) is 18.6. The van der Waals surface area contributed by atoms with E-state index in [0.29, 0.717) is 17.9 Å². The molecule has 2 bridgehead atoms. The number of carbonyl (C=O) groups is 1. The van der Waals surface area contributed by atoms with Gasteiger partial charge < -0.3 is 10.6 Å². The Morgan fingerprint density at radius 2 is 1.75 bits per heavy atom. The summed E-state index contributed by atoms with van der Waals surface area (Å²) in [5.74, 6) is 2.67. The van der Waals surface area contributed by atoms with Gasteiger partial charge in [0.1, 0.15) is 0 Å². The number of benzene rings is 3. The number of amides is 1. The fourth-order valence-corrected chi connectivity index (χ4v) is 6.76. The summed E-state index contributed by atoms with van der Waals surface area (Å²) in [5, 5.41) is 7.03. The minimum atomic E-state index is -0.0152. The van der Waals surface area contributed by atoms with Crippen molar-refractivity contribution in [2.24, 2.45) is 17.8 Å². The average Bonchev–Trinajstić information content (AvgIpc) is 3.47. The lowest BCUT2D eigenvalue weighted by atomic mass is 9.68. The third-order valence-corrected chi connectivity index (χ3v) is 8.15. The van der Waals surface area contributed by atoms with Crippen molar-refractivity contribution >= 4 is 17.3 Å². The third-order valence-electron chi connectivity index (χ3n) is 8.15. The molecule has 0 spiro atoms. The molecule has 6 rings (SSSR count). The number of hydrogen-bond donors (Lipinski definition) is 2. The highest BCUT2D eigenvalue weighted by Gasteiger charge is 2.53. The Kier molecular flexibility index (Phi) is 4.78. The fraction of sp³-hybridized carbons (Fsp3) is 0.345. The number of fused-ring (bicyclic) bond motifs is 7. The molecule has 0 unspecified atom stereocenters. The van der Waals surface area contributed by atoms with Gasteiger partial charge in [0.15, 0.2) is 0 Å². The monoisotopic (exact) mass is 422 g/mol. The molecule has 2 aliphatic carbocycles. The number of carbonyl (C=O) groups excluding carboxylic acids is 1. The Morgan fingerprint density at radius 3 is 2.59 bits per heavy atom. The highest BCUT2D eigenvalue weighted by molar-refractivity contribution is 6.05. The van der Waals surface area contributed by atoms with Gasteiger partial charge >= 0.3 is 0 Å². The van der Waals surface area contributed by atoms with Crippen molar-refractivity contribution < 1.29 is 4.79 Å². The summed E-state index contributed by atoms with van der Waals surface area (Å²) >= 11 is 0. The lowest BCUT2D eigenvalue weighted by molar-refractivity contribution is 0.102. The van der Waals surface area contributed by atoms with Crippen molar-refractivity contribution in [2.45, 2.75) is 44.6 Å². The van der Waals surface area contributed by atoms with E-state index in [1.54, 1.807) is 0 Å². The molecule has 162 valence electrons. The third kappa shape index (κ3) is 3.14. The van der Waals surface area contributed by atoms with Gasteiger partial charge in [0, 0.05) is 16.9 Å². The summed E-state index contributed by atoms with van der Waals surface area (Å²) in [6, 6.07) is 25.6. The van der Waals surface area contributed by atoms with E-state index < -0.39 is 0 Å². The van der Waals surface area contributed by atoms with E-state index in [0.717, 1.165) is 29.5 Å². The van der Waals surface area contributed by atoms with E-state index in [9.17, 15) is 4.79 Å². The van der Waals surface area contributed by atoms with Crippen LogP contribution in [0.3, 0.4) is 0 Å². The molecule has 3 nitrogen and oxygen atoms in total. The first-order chi connectivity index (χ1) is 15.7. The largest absolute Gasteiger partial charge is 0.378 e. The van der Waals surface area contributed by atoms with Gasteiger partial charge in [-0.25, -0.2) is 0 Å². The van der Waals surface area contributed by atoms with Crippen LogP contribution in [0, 0.1) is 17.8 Å². The summed E-state index contributed by atoms with van der Waals surface area (Å²) in [6.45, 7) is 2.12. The molecule has 3 heteroatoms. The van der Waals surface area contributed by atoms with Crippen LogP contribution in [0.2, 0.25) is 0 Å². The molecule has 2 N–H and O–H groups in total. The Bertz CT molecular complexity index is 1150. The molecule has 3 aromatic rings. The SMILES string of the molecule is CCc1ccccc1NC(=O)c1ccc2c(c1)[C@@H]1[C@H]3CC[C@@H](C3)[C@H]1[C@H](c1ccccc1)N2. The topological polar surface area (TPSA) is 41.1 Å². The molecule has 0 aromatic heterocycles. The summed E-state index contributed by atoms with van der Waals surface area (Å²) in [6.07, 6.45) is 4.91. The van der Waals surface area contributed by atoms with Gasteiger partial charge in [-0.1, -0.05) is 55.5 Å². The van der Waals surface area contributed by atoms with Crippen molar-refractivity contribution in [3.8, 4) is 0 Å². The first-order valence-corrected chi connectivity index (χ1v) is 12.1. The predicted molar refractivity (Wildman–Crippen MR) is 130 cm³/mol. The first-order valence-electron chi connectivity index (χ1n) is 12.1. The summed E-state index contributed by atoms with van der Waals surface area (Å²) in [5.41, 5.74) is 6.79. The molecule has 0 radical (unpaired) electrons. The summed E-state index contributed by atoms with van der Waals surface area (Å²) in [4.78, 5) is 13.2. The van der Waals surface area contributed by atoms with Crippen molar-refractivity contribution in [3.05, 3.63) is 95.1 Å². The Balaban J connectivity index is 1.35. The molecule has 1 aliphatic heterocycles. The molecule has 3 aromatic carbocycles. The Hall–Kier alpha value is -3.07. The van der Waals surface area contributed by atoms with Crippen LogP contribution in [0.4, 0.5) is 11.4 Å². The second-order valence-corrected chi connectivity index (χ2v) is 9.74. The average molecular weight is 423 g/mol. The van der Waals surface area contributed by atoms with Gasteiger partial charge in [-0.15, -0.1) is 0 Å². The summed E-state index contributed by atoms with van der Waals surface area (Å²) in [7, 11) is 0. The van der Waals surface area contributed by atoms with Crippen LogP contribution in [-0.2, 0) is 6.42 Å². The summed E-state index contributed by atoms with van der Waals surface area (Å²) < 4.78 is 0. The predicted octanol–water partition coefficient (Wildman–Crippen LogP) is 6.80. The smallest absolute Gasteiger partial charge is 0.255 e. The number of anilines is 2. The molecule has 1 heterocycles. The van der Waals surface area contributed by atoms with Crippen LogP contribution in [0.5, 0.6) is 0 Å². The highest BCUT2D eigenvalue weighted by atomic mass is 16.1. The maximum atomic E-state index is 13.2. The zero-order valence-corrected chi connectivity index (χ0v) is 18.6. The minimum Gasteiger partial charge on any atom is -0.378 e. The van der Waals surface area contributed by atoms with Crippen molar-refractivity contribution in [3.63, 3.8) is 0 Å². The van der Waals surface area contributed by atoms with E-state index in [4.69, 9.17) is 0 Å². The fourth-order valence-electron chi connectivity index (χ4n) is 6.76. The molecule has 3 aliphatic rings. The minimum absolute atomic E-state index is 0.0152. The number of hydrogen-bond acceptors (Lipinski definition) is 2. The Morgan fingerprint density at radius 1 is 0.969 bits per heavy atom. The second-order valence-electron chi connectivity index (χ2n) is 9.74. The maximum Gasteiger partial charge on any atom is 0.255 e. The number of para-hydroxylation sites is 1. The van der Waals surface area contributed by atoms with Gasteiger partial charge in [-0.05, 0) is 90.3 Å². The van der Waals surface area contributed by atoms with E-state index in [1.165, 1.54) is 41.6 Å². The van der Waals surface area contributed by atoms with Crippen LogP contribution >= 0.6 is 0 Å². The van der Waals surface area contributed by atoms with Gasteiger partial charge in [0.05, 0.1) is 6.04 Å². The quantitative estimate of drug-likeness (QED) is 0.485. The van der Waals surface area contributed by atoms with Crippen molar-refractivity contribution in [1.29, 1.82) is 0 Å². The van der Waals surface area contributed by atoms with Crippen LogP contribution in [0.25, 0.3) is 0 Å². The molecular formula is C29H30N2O. The first kappa shape index (κ1) is 19.6. The lowest BCUT2D eigenvalue weighted by Crippen LogP contribution is -2.35. The molecule has 1 amide bonds. The van der Waals surface area contributed by atoms with Gasteiger partial charge in [-0.3, -0.25) is 4.79 Å². The van der Waals surface area contributed by atoms with E-state index in [2.05, 4.69) is 66.1 Å².